The van der Waals surface area contributed by atoms with E-state index in [0.29, 0.717) is 0 Å². The van der Waals surface area contributed by atoms with Crippen molar-refractivity contribution in [3.05, 3.63) is 16.1 Å². The van der Waals surface area contributed by atoms with Crippen molar-refractivity contribution >= 4 is 11.3 Å². The van der Waals surface area contributed by atoms with Gasteiger partial charge in [0, 0.05) is 30.0 Å². The van der Waals surface area contributed by atoms with Crippen LogP contribution < -0.4 is 0 Å². The number of nitrogens with zero attached hydrogens (tertiary/aromatic N) is 1. The molecule has 1 atom stereocenters. The maximum absolute atomic E-state index is 8.91. The van der Waals surface area contributed by atoms with Gasteiger partial charge >= 0.3 is 0 Å². The van der Waals surface area contributed by atoms with Crippen LogP contribution >= 0.6 is 11.3 Å². The van der Waals surface area contributed by atoms with Crippen LogP contribution in [0, 0.1) is 0 Å². The number of hydrogen-bond donors (Lipinski definition) is 2. The van der Waals surface area contributed by atoms with Gasteiger partial charge in [0.1, 0.15) is 0 Å². The molecule has 0 bridgehead atoms. The lowest BCUT2D eigenvalue weighted by Crippen LogP contribution is -1.94. The lowest BCUT2D eigenvalue weighted by atomic mass is 10.2. The summed E-state index contributed by atoms with van der Waals surface area (Å²) < 4.78 is 0. The first-order valence-corrected chi connectivity index (χ1v) is 5.26. The van der Waals surface area contributed by atoms with Gasteiger partial charge in [-0.25, -0.2) is 4.98 Å². The molecular formula is C9H15NO2S. The van der Waals surface area contributed by atoms with Gasteiger partial charge in [-0.3, -0.25) is 0 Å². The molecule has 1 aromatic heterocycles. The lowest BCUT2D eigenvalue weighted by molar-refractivity contribution is 0.274. The minimum atomic E-state index is 0.168. The fourth-order valence-corrected chi connectivity index (χ4v) is 1.99. The largest absolute Gasteiger partial charge is 0.396 e. The number of aliphatic hydroxyl groups is 2. The molecule has 2 N–H and O–H groups in total. The number of hydrogen-bond acceptors (Lipinski definition) is 4. The van der Waals surface area contributed by atoms with Gasteiger partial charge in [-0.15, -0.1) is 11.3 Å². The summed E-state index contributed by atoms with van der Waals surface area (Å²) in [4.78, 5) is 5.34. The summed E-state index contributed by atoms with van der Waals surface area (Å²) in [5.41, 5.74) is 0. The van der Waals surface area contributed by atoms with Crippen molar-refractivity contribution in [2.75, 3.05) is 13.2 Å². The van der Waals surface area contributed by atoms with Crippen LogP contribution in [0.3, 0.4) is 0 Å². The third kappa shape index (κ3) is 3.06. The van der Waals surface area contributed by atoms with Gasteiger partial charge in [0.25, 0.3) is 0 Å². The van der Waals surface area contributed by atoms with Crippen LogP contribution in [0.2, 0.25) is 0 Å². The third-order valence-corrected chi connectivity index (χ3v) is 3.17. The minimum absolute atomic E-state index is 0.168. The summed E-state index contributed by atoms with van der Waals surface area (Å²) >= 11 is 1.62. The van der Waals surface area contributed by atoms with E-state index in [4.69, 9.17) is 10.2 Å². The van der Waals surface area contributed by atoms with E-state index < -0.39 is 0 Å². The maximum Gasteiger partial charge on any atom is 0.0928 e. The Bertz CT molecular complexity index is 250. The minimum Gasteiger partial charge on any atom is -0.396 e. The van der Waals surface area contributed by atoms with Crippen LogP contribution in [0.25, 0.3) is 0 Å². The molecule has 1 rings (SSSR count). The molecular weight excluding hydrogens is 186 g/mol. The zero-order valence-electron chi connectivity index (χ0n) is 7.73. The molecule has 0 radical (unpaired) electrons. The molecule has 0 spiro atoms. The topological polar surface area (TPSA) is 53.4 Å². The van der Waals surface area contributed by atoms with Crippen LogP contribution in [0.1, 0.15) is 29.1 Å². The Morgan fingerprint density at radius 1 is 1.54 bits per heavy atom. The van der Waals surface area contributed by atoms with Crippen molar-refractivity contribution in [3.63, 3.8) is 0 Å². The van der Waals surface area contributed by atoms with E-state index in [2.05, 4.69) is 4.98 Å². The molecule has 1 heterocycles. The Morgan fingerprint density at radius 2 is 2.31 bits per heavy atom. The predicted octanol–water partition coefficient (Wildman–Crippen LogP) is 1.16. The number of aliphatic hydroxyl groups excluding tert-OH is 2. The fourth-order valence-electron chi connectivity index (χ4n) is 0.988. The van der Waals surface area contributed by atoms with Gasteiger partial charge in [-0.05, 0) is 6.42 Å². The number of aromatic nitrogens is 1. The van der Waals surface area contributed by atoms with E-state index in [0.717, 1.165) is 22.7 Å². The zero-order valence-corrected chi connectivity index (χ0v) is 8.55. The van der Waals surface area contributed by atoms with Crippen molar-refractivity contribution in [2.24, 2.45) is 0 Å². The van der Waals surface area contributed by atoms with Crippen molar-refractivity contribution in [3.8, 4) is 0 Å². The Morgan fingerprint density at radius 3 is 2.92 bits per heavy atom. The van der Waals surface area contributed by atoms with Crippen LogP contribution in [0.15, 0.2) is 6.20 Å². The average molecular weight is 201 g/mol. The SMILES string of the molecule is CC(CO)c1cnc(CCCO)s1. The zero-order chi connectivity index (χ0) is 9.68. The Balaban J connectivity index is 2.53. The molecule has 3 nitrogen and oxygen atoms in total. The van der Waals surface area contributed by atoms with E-state index in [1.807, 2.05) is 13.1 Å². The second-order valence-corrected chi connectivity index (χ2v) is 4.21. The number of rotatable bonds is 5. The standard InChI is InChI=1S/C9H15NO2S/c1-7(6-12)8-5-10-9(13-8)3-2-4-11/h5,7,11-12H,2-4,6H2,1H3. The molecule has 1 unspecified atom stereocenters. The lowest BCUT2D eigenvalue weighted by Gasteiger charge is -2.01. The van der Waals surface area contributed by atoms with E-state index in [9.17, 15) is 0 Å². The van der Waals surface area contributed by atoms with Crippen LogP contribution in [0.4, 0.5) is 0 Å². The quantitative estimate of drug-likeness (QED) is 0.751. The van der Waals surface area contributed by atoms with Gasteiger partial charge < -0.3 is 10.2 Å². The highest BCUT2D eigenvalue weighted by Crippen LogP contribution is 2.22. The van der Waals surface area contributed by atoms with Crippen molar-refractivity contribution in [2.45, 2.75) is 25.7 Å². The van der Waals surface area contributed by atoms with E-state index in [-0.39, 0.29) is 19.1 Å². The van der Waals surface area contributed by atoms with Crippen molar-refractivity contribution in [1.82, 2.24) is 4.98 Å². The summed E-state index contributed by atoms with van der Waals surface area (Å²) in [6.07, 6.45) is 3.41. The third-order valence-electron chi connectivity index (χ3n) is 1.88. The molecule has 0 aliphatic rings. The molecule has 74 valence electrons. The first-order valence-electron chi connectivity index (χ1n) is 4.44. The van der Waals surface area contributed by atoms with Gasteiger partial charge in [0.15, 0.2) is 0 Å². The highest BCUT2D eigenvalue weighted by atomic mass is 32.1. The molecule has 0 aliphatic heterocycles. The van der Waals surface area contributed by atoms with Crippen LogP contribution in [0.5, 0.6) is 0 Å². The normalized spacial score (nSPS) is 13.2. The molecule has 0 saturated heterocycles. The predicted molar refractivity (Wildman–Crippen MR) is 53.0 cm³/mol. The summed E-state index contributed by atoms with van der Waals surface area (Å²) in [5.74, 6) is 0.181. The second kappa shape index (κ2) is 5.32. The highest BCUT2D eigenvalue weighted by Gasteiger charge is 2.08. The Kier molecular flexibility index (Phi) is 4.35. The first kappa shape index (κ1) is 10.6. The molecule has 0 fully saturated rings. The van der Waals surface area contributed by atoms with Gasteiger partial charge in [-0.1, -0.05) is 6.92 Å². The van der Waals surface area contributed by atoms with Gasteiger partial charge in [-0.2, -0.15) is 0 Å². The summed E-state index contributed by atoms with van der Waals surface area (Å²) in [5, 5.41) is 18.6. The van der Waals surface area contributed by atoms with Crippen LogP contribution in [-0.2, 0) is 6.42 Å². The van der Waals surface area contributed by atoms with E-state index in [1.54, 1.807) is 11.3 Å². The second-order valence-electron chi connectivity index (χ2n) is 3.07. The fraction of sp³-hybridized carbons (Fsp3) is 0.667. The monoisotopic (exact) mass is 201 g/mol. The van der Waals surface area contributed by atoms with Gasteiger partial charge in [0.2, 0.25) is 0 Å². The Labute approximate surface area is 82.1 Å². The molecule has 0 amide bonds. The first-order chi connectivity index (χ1) is 6.27. The highest BCUT2D eigenvalue weighted by molar-refractivity contribution is 7.11. The smallest absolute Gasteiger partial charge is 0.0928 e. The summed E-state index contributed by atoms with van der Waals surface area (Å²) in [6, 6.07) is 0. The molecule has 0 saturated carbocycles. The van der Waals surface area contributed by atoms with E-state index >= 15 is 0 Å². The molecule has 4 heteroatoms. The van der Waals surface area contributed by atoms with E-state index in [1.165, 1.54) is 0 Å². The van der Waals surface area contributed by atoms with Crippen molar-refractivity contribution < 1.29 is 10.2 Å². The van der Waals surface area contributed by atoms with Crippen LogP contribution in [-0.4, -0.2) is 28.4 Å². The molecule has 0 aromatic carbocycles. The van der Waals surface area contributed by atoms with Gasteiger partial charge in [0.05, 0.1) is 11.6 Å². The molecule has 13 heavy (non-hydrogen) atoms. The van der Waals surface area contributed by atoms with Crippen molar-refractivity contribution in [1.29, 1.82) is 0 Å². The summed E-state index contributed by atoms with van der Waals surface area (Å²) in [7, 11) is 0. The number of thiazole rings is 1. The molecule has 1 aromatic rings. The molecule has 0 aliphatic carbocycles. The maximum atomic E-state index is 8.91. The summed E-state index contributed by atoms with van der Waals surface area (Å²) in [6.45, 7) is 2.36. The number of aryl methyl sites for hydroxylation is 1. The Hall–Kier alpha value is -0.450. The average Bonchev–Trinajstić information content (AvgIpc) is 2.62.